The van der Waals surface area contributed by atoms with Crippen molar-refractivity contribution in [2.75, 3.05) is 13.6 Å². The van der Waals surface area contributed by atoms with Gasteiger partial charge < -0.3 is 4.90 Å². The standard InChI is InChI=1S/C15H17F2N5O/c1-21-8-7-11(14(21)23)9-13-18-19-20-22(13)10-15(16,17)12-5-3-2-4-6-12/h2-6,11H,7-10H2,1H3. The summed E-state index contributed by atoms with van der Waals surface area (Å²) in [6.45, 7) is 0.0291. The Hall–Kier alpha value is -2.38. The molecule has 6 nitrogen and oxygen atoms in total. The molecule has 0 spiro atoms. The van der Waals surface area contributed by atoms with Gasteiger partial charge in [-0.2, -0.15) is 8.78 Å². The first-order valence-electron chi connectivity index (χ1n) is 7.41. The molecule has 1 unspecified atom stereocenters. The fourth-order valence-electron chi connectivity index (χ4n) is 2.76. The van der Waals surface area contributed by atoms with Gasteiger partial charge in [-0.3, -0.25) is 4.79 Å². The smallest absolute Gasteiger partial charge is 0.292 e. The Labute approximate surface area is 132 Å². The summed E-state index contributed by atoms with van der Waals surface area (Å²) >= 11 is 0. The van der Waals surface area contributed by atoms with Gasteiger partial charge in [0.15, 0.2) is 5.82 Å². The predicted octanol–water partition coefficient (Wildman–Crippen LogP) is 1.49. The fourth-order valence-corrected chi connectivity index (χ4v) is 2.76. The number of hydrogen-bond donors (Lipinski definition) is 0. The van der Waals surface area contributed by atoms with Crippen LogP contribution in [0.5, 0.6) is 0 Å². The zero-order chi connectivity index (χ0) is 16.4. The summed E-state index contributed by atoms with van der Waals surface area (Å²) in [5.41, 5.74) is -0.0851. The second kappa shape index (κ2) is 6.02. The molecule has 1 saturated heterocycles. The Balaban J connectivity index is 1.75. The topological polar surface area (TPSA) is 63.9 Å². The first-order chi connectivity index (χ1) is 11.0. The number of likely N-dealkylation sites (tertiary alicyclic amines) is 1. The average molecular weight is 321 g/mol. The van der Waals surface area contributed by atoms with Crippen molar-refractivity contribution in [3.05, 3.63) is 41.7 Å². The molecule has 1 aromatic heterocycles. The molecule has 1 aromatic carbocycles. The van der Waals surface area contributed by atoms with Crippen LogP contribution in [0.25, 0.3) is 0 Å². The fraction of sp³-hybridized carbons (Fsp3) is 0.467. The zero-order valence-corrected chi connectivity index (χ0v) is 12.7. The van der Waals surface area contributed by atoms with Crippen LogP contribution in [0.1, 0.15) is 17.8 Å². The quantitative estimate of drug-likeness (QED) is 0.837. The third-order valence-corrected chi connectivity index (χ3v) is 4.12. The molecule has 2 aromatic rings. The molecule has 0 bridgehead atoms. The number of halogens is 2. The number of aromatic nitrogens is 4. The highest BCUT2D eigenvalue weighted by Crippen LogP contribution is 2.30. The van der Waals surface area contributed by atoms with Crippen LogP contribution >= 0.6 is 0 Å². The van der Waals surface area contributed by atoms with Crippen molar-refractivity contribution in [3.63, 3.8) is 0 Å². The molecule has 0 saturated carbocycles. The molecule has 0 N–H and O–H groups in total. The lowest BCUT2D eigenvalue weighted by Gasteiger charge is -2.17. The molecule has 0 aliphatic carbocycles. The van der Waals surface area contributed by atoms with E-state index in [1.54, 1.807) is 30.1 Å². The minimum Gasteiger partial charge on any atom is -0.345 e. The van der Waals surface area contributed by atoms with Crippen molar-refractivity contribution in [2.45, 2.75) is 25.3 Å². The number of hydrogen-bond acceptors (Lipinski definition) is 4. The maximum Gasteiger partial charge on any atom is 0.292 e. The Morgan fingerprint density at radius 1 is 1.30 bits per heavy atom. The molecule has 1 aliphatic rings. The van der Waals surface area contributed by atoms with Gasteiger partial charge >= 0.3 is 0 Å². The first kappa shape index (κ1) is 15.5. The minimum atomic E-state index is -3.08. The summed E-state index contributed by atoms with van der Waals surface area (Å²) in [6.07, 6.45) is 0.971. The van der Waals surface area contributed by atoms with Crippen molar-refractivity contribution in [3.8, 4) is 0 Å². The second-order valence-corrected chi connectivity index (χ2v) is 5.77. The average Bonchev–Trinajstić information content (AvgIpc) is 3.10. The van der Waals surface area contributed by atoms with E-state index in [0.29, 0.717) is 18.8 Å². The molecule has 3 rings (SSSR count). The molecular weight excluding hydrogens is 304 g/mol. The van der Waals surface area contributed by atoms with Crippen LogP contribution in [0.2, 0.25) is 0 Å². The van der Waals surface area contributed by atoms with E-state index in [9.17, 15) is 13.6 Å². The maximum absolute atomic E-state index is 14.4. The van der Waals surface area contributed by atoms with Crippen LogP contribution < -0.4 is 0 Å². The van der Waals surface area contributed by atoms with Gasteiger partial charge in [-0.15, -0.1) is 5.10 Å². The minimum absolute atomic E-state index is 0.00868. The molecular formula is C15H17F2N5O. The molecule has 23 heavy (non-hydrogen) atoms. The first-order valence-corrected chi connectivity index (χ1v) is 7.41. The van der Waals surface area contributed by atoms with E-state index in [4.69, 9.17) is 0 Å². The second-order valence-electron chi connectivity index (χ2n) is 5.77. The van der Waals surface area contributed by atoms with Gasteiger partial charge in [-0.25, -0.2) is 4.68 Å². The molecule has 0 radical (unpaired) electrons. The molecule has 122 valence electrons. The van der Waals surface area contributed by atoms with E-state index in [1.165, 1.54) is 12.1 Å². The summed E-state index contributed by atoms with van der Waals surface area (Å²) in [5, 5.41) is 11.0. The monoisotopic (exact) mass is 321 g/mol. The van der Waals surface area contributed by atoms with Crippen LogP contribution in [0.3, 0.4) is 0 Å². The van der Waals surface area contributed by atoms with Gasteiger partial charge in [0, 0.05) is 31.5 Å². The van der Waals surface area contributed by atoms with Gasteiger partial charge in [0.25, 0.3) is 5.92 Å². The Morgan fingerprint density at radius 2 is 2.04 bits per heavy atom. The third-order valence-electron chi connectivity index (χ3n) is 4.12. The van der Waals surface area contributed by atoms with E-state index >= 15 is 0 Å². The van der Waals surface area contributed by atoms with E-state index in [-0.39, 0.29) is 23.8 Å². The summed E-state index contributed by atoms with van der Waals surface area (Å²) < 4.78 is 29.8. The van der Waals surface area contributed by atoms with Gasteiger partial charge in [0.1, 0.15) is 6.54 Å². The number of alkyl halides is 2. The molecule has 1 atom stereocenters. The summed E-state index contributed by atoms with van der Waals surface area (Å²) in [7, 11) is 1.73. The SMILES string of the molecule is CN1CCC(Cc2nnnn2CC(F)(F)c2ccccc2)C1=O. The summed E-state index contributed by atoms with van der Waals surface area (Å²) in [4.78, 5) is 13.6. The molecule has 2 heterocycles. The van der Waals surface area contributed by atoms with Crippen molar-refractivity contribution < 1.29 is 13.6 Å². The van der Waals surface area contributed by atoms with Gasteiger partial charge in [-0.1, -0.05) is 30.3 Å². The zero-order valence-electron chi connectivity index (χ0n) is 12.7. The third kappa shape index (κ3) is 3.20. The van der Waals surface area contributed by atoms with Crippen molar-refractivity contribution in [2.24, 2.45) is 5.92 Å². The van der Waals surface area contributed by atoms with Crippen LogP contribution in [0, 0.1) is 5.92 Å². The van der Waals surface area contributed by atoms with Crippen LogP contribution in [-0.2, 0) is 23.7 Å². The maximum atomic E-state index is 14.4. The van der Waals surface area contributed by atoms with Crippen LogP contribution in [0.15, 0.2) is 30.3 Å². The van der Waals surface area contributed by atoms with Gasteiger partial charge in [0.05, 0.1) is 0 Å². The number of carbonyl (C=O) groups excluding carboxylic acids is 1. The largest absolute Gasteiger partial charge is 0.345 e. The number of carbonyl (C=O) groups is 1. The Bertz CT molecular complexity index is 688. The number of nitrogens with zero attached hydrogens (tertiary/aromatic N) is 5. The summed E-state index contributed by atoms with van der Waals surface area (Å²) in [6, 6.07) is 7.57. The van der Waals surface area contributed by atoms with Crippen molar-refractivity contribution in [1.82, 2.24) is 25.1 Å². The lowest BCUT2D eigenvalue weighted by molar-refractivity contribution is -0.129. The lowest BCUT2D eigenvalue weighted by atomic mass is 10.0. The van der Waals surface area contributed by atoms with E-state index in [0.717, 1.165) is 4.68 Å². The lowest BCUT2D eigenvalue weighted by Crippen LogP contribution is -2.26. The highest BCUT2D eigenvalue weighted by Gasteiger charge is 2.35. The van der Waals surface area contributed by atoms with Gasteiger partial charge in [-0.05, 0) is 16.8 Å². The van der Waals surface area contributed by atoms with Crippen LogP contribution in [0.4, 0.5) is 8.78 Å². The van der Waals surface area contributed by atoms with E-state index < -0.39 is 12.5 Å². The van der Waals surface area contributed by atoms with E-state index in [2.05, 4.69) is 15.5 Å². The molecule has 1 fully saturated rings. The van der Waals surface area contributed by atoms with E-state index in [1.807, 2.05) is 0 Å². The normalized spacial score (nSPS) is 18.7. The van der Waals surface area contributed by atoms with Crippen molar-refractivity contribution >= 4 is 5.91 Å². The highest BCUT2D eigenvalue weighted by molar-refractivity contribution is 5.80. The predicted molar refractivity (Wildman–Crippen MR) is 77.6 cm³/mol. The number of tetrazole rings is 1. The van der Waals surface area contributed by atoms with Gasteiger partial charge in [0.2, 0.25) is 5.91 Å². The molecule has 1 aliphatic heterocycles. The number of benzene rings is 1. The number of amides is 1. The number of rotatable bonds is 5. The summed E-state index contributed by atoms with van der Waals surface area (Å²) in [5.74, 6) is -3.00. The van der Waals surface area contributed by atoms with Crippen LogP contribution in [-0.4, -0.2) is 44.6 Å². The highest BCUT2D eigenvalue weighted by atomic mass is 19.3. The Kier molecular flexibility index (Phi) is 4.06. The molecule has 1 amide bonds. The van der Waals surface area contributed by atoms with Crippen molar-refractivity contribution in [1.29, 1.82) is 0 Å². The Morgan fingerprint density at radius 3 is 2.70 bits per heavy atom. The molecule has 8 heteroatoms.